The summed E-state index contributed by atoms with van der Waals surface area (Å²) in [4.78, 5) is 60.6. The lowest BCUT2D eigenvalue weighted by Gasteiger charge is -2.22. The van der Waals surface area contributed by atoms with E-state index in [1.54, 1.807) is 52.0 Å². The smallest absolute Gasteiger partial charge is 0.311 e. The van der Waals surface area contributed by atoms with Crippen LogP contribution in [0.15, 0.2) is 24.3 Å². The second kappa shape index (κ2) is 15.2. The van der Waals surface area contributed by atoms with Gasteiger partial charge in [0.25, 0.3) is 0 Å². The van der Waals surface area contributed by atoms with Crippen LogP contribution in [0.1, 0.15) is 73.3 Å². The van der Waals surface area contributed by atoms with Crippen molar-refractivity contribution in [2.75, 3.05) is 18.5 Å². The van der Waals surface area contributed by atoms with E-state index < -0.39 is 23.3 Å². The molecule has 1 aromatic carbocycles. The van der Waals surface area contributed by atoms with Gasteiger partial charge in [0, 0.05) is 30.9 Å². The lowest BCUT2D eigenvalue weighted by atomic mass is 9.89. The highest BCUT2D eigenvalue weighted by Crippen LogP contribution is 2.19. The highest BCUT2D eigenvalue weighted by Gasteiger charge is 2.27. The summed E-state index contributed by atoms with van der Waals surface area (Å²) in [6.07, 6.45) is 0.521. The summed E-state index contributed by atoms with van der Waals surface area (Å²) in [5, 5.41) is 5.46. The molecular formula is C28H42N2O7. The number of nitrogens with one attached hydrogen (secondary N) is 2. The Morgan fingerprint density at radius 3 is 2.03 bits per heavy atom. The number of anilines is 1. The van der Waals surface area contributed by atoms with Gasteiger partial charge in [0.2, 0.25) is 11.8 Å². The van der Waals surface area contributed by atoms with Gasteiger partial charge >= 0.3 is 5.97 Å². The predicted molar refractivity (Wildman–Crippen MR) is 141 cm³/mol. The van der Waals surface area contributed by atoms with E-state index >= 15 is 0 Å². The molecule has 0 aliphatic heterocycles. The first-order valence-corrected chi connectivity index (χ1v) is 12.7. The lowest BCUT2D eigenvalue weighted by Crippen LogP contribution is -2.45. The Kier molecular flexibility index (Phi) is 13.2. The van der Waals surface area contributed by atoms with E-state index in [1.807, 2.05) is 13.8 Å². The maximum Gasteiger partial charge on any atom is 0.311 e. The summed E-state index contributed by atoms with van der Waals surface area (Å²) in [6.45, 7) is 12.7. The number of carbonyl (C=O) groups excluding carboxylic acids is 5. The van der Waals surface area contributed by atoms with E-state index in [0.717, 1.165) is 5.56 Å². The Balaban J connectivity index is 2.55. The molecule has 9 nitrogen and oxygen atoms in total. The van der Waals surface area contributed by atoms with Crippen molar-refractivity contribution in [1.29, 1.82) is 0 Å². The molecule has 0 unspecified atom stereocenters. The summed E-state index contributed by atoms with van der Waals surface area (Å²) < 4.78 is 10.6. The van der Waals surface area contributed by atoms with Gasteiger partial charge in [-0.05, 0) is 58.2 Å². The van der Waals surface area contributed by atoms with Crippen molar-refractivity contribution in [1.82, 2.24) is 5.32 Å². The molecule has 9 heteroatoms. The first-order chi connectivity index (χ1) is 17.2. The minimum atomic E-state index is -0.814. The van der Waals surface area contributed by atoms with Gasteiger partial charge in [-0.1, -0.05) is 26.0 Å². The van der Waals surface area contributed by atoms with E-state index in [9.17, 15) is 24.0 Å². The number of hydrogen-bond donors (Lipinski definition) is 2. The Bertz CT molecular complexity index is 933. The van der Waals surface area contributed by atoms with Crippen LogP contribution < -0.4 is 10.6 Å². The minimum absolute atomic E-state index is 0.0249. The zero-order valence-corrected chi connectivity index (χ0v) is 23.1. The fourth-order valence-corrected chi connectivity index (χ4v) is 3.17. The standard InChI is InChI=1S/C28H42N2O7/c1-18(2)24(16-23(32)13-15-36-14-12-19(3)31)26(34)29-20(4)25(33)30-22-10-8-21(9-11-22)17-37-27(35)28(5,6)7/h8-11,18,20,24H,12-17H2,1-7H3,(H,29,34)(H,30,33)/t20-,24-/m0/s1. The summed E-state index contributed by atoms with van der Waals surface area (Å²) in [5.41, 5.74) is 0.741. The van der Waals surface area contributed by atoms with Gasteiger partial charge in [-0.25, -0.2) is 0 Å². The van der Waals surface area contributed by atoms with Crippen LogP contribution in [0.5, 0.6) is 0 Å². The fraction of sp³-hybridized carbons (Fsp3) is 0.607. The average molecular weight is 519 g/mol. The van der Waals surface area contributed by atoms with E-state index in [0.29, 0.717) is 12.1 Å². The van der Waals surface area contributed by atoms with Gasteiger partial charge in [0.05, 0.1) is 18.6 Å². The molecule has 1 aromatic rings. The highest BCUT2D eigenvalue weighted by molar-refractivity contribution is 5.97. The maximum atomic E-state index is 12.8. The number of amides is 2. The molecule has 206 valence electrons. The third kappa shape index (κ3) is 12.6. The molecule has 1 rings (SSSR count). The quantitative estimate of drug-likeness (QED) is 0.267. The molecule has 0 saturated heterocycles. The van der Waals surface area contributed by atoms with Gasteiger partial charge < -0.3 is 20.1 Å². The molecule has 2 N–H and O–H groups in total. The van der Waals surface area contributed by atoms with Crippen molar-refractivity contribution < 1.29 is 33.4 Å². The molecule has 0 bridgehead atoms. The largest absolute Gasteiger partial charge is 0.460 e. The van der Waals surface area contributed by atoms with E-state index in [4.69, 9.17) is 9.47 Å². The highest BCUT2D eigenvalue weighted by atomic mass is 16.5. The van der Waals surface area contributed by atoms with Crippen LogP contribution in [-0.2, 0) is 40.1 Å². The molecular weight excluding hydrogens is 476 g/mol. The molecule has 2 atom stereocenters. The fourth-order valence-electron chi connectivity index (χ4n) is 3.17. The monoisotopic (exact) mass is 518 g/mol. The first-order valence-electron chi connectivity index (χ1n) is 12.7. The number of hydrogen-bond acceptors (Lipinski definition) is 7. The van der Waals surface area contributed by atoms with Crippen LogP contribution in [0.2, 0.25) is 0 Å². The third-order valence-electron chi connectivity index (χ3n) is 5.67. The summed E-state index contributed by atoms with van der Waals surface area (Å²) in [5.74, 6) is -1.81. The van der Waals surface area contributed by atoms with E-state index in [-0.39, 0.29) is 62.0 Å². The predicted octanol–water partition coefficient (Wildman–Crippen LogP) is 3.84. The Labute approximate surface area is 220 Å². The molecule has 0 saturated carbocycles. The molecule has 0 fully saturated rings. The van der Waals surface area contributed by atoms with Gasteiger partial charge in [0.15, 0.2) is 0 Å². The number of Topliss-reactive ketones (excluding diaryl/α,β-unsaturated/α-hetero) is 2. The molecule has 0 radical (unpaired) electrons. The zero-order chi connectivity index (χ0) is 28.2. The SMILES string of the molecule is CC(=O)CCOCCC(=O)C[C@H](C(=O)N[C@@H](C)C(=O)Nc1ccc(COC(=O)C(C)(C)C)cc1)C(C)C. The molecule has 0 aliphatic rings. The zero-order valence-electron chi connectivity index (χ0n) is 23.1. The van der Waals surface area contributed by atoms with Crippen LogP contribution in [-0.4, -0.2) is 48.6 Å². The topological polar surface area (TPSA) is 128 Å². The van der Waals surface area contributed by atoms with Crippen LogP contribution in [0.25, 0.3) is 0 Å². The van der Waals surface area contributed by atoms with Gasteiger partial charge in [-0.15, -0.1) is 0 Å². The summed E-state index contributed by atoms with van der Waals surface area (Å²) >= 11 is 0. The van der Waals surface area contributed by atoms with Crippen molar-refractivity contribution in [3.63, 3.8) is 0 Å². The number of benzene rings is 1. The lowest BCUT2D eigenvalue weighted by molar-refractivity contribution is -0.154. The number of carbonyl (C=O) groups is 5. The van der Waals surface area contributed by atoms with Crippen LogP contribution in [0.4, 0.5) is 5.69 Å². The van der Waals surface area contributed by atoms with Crippen molar-refractivity contribution >= 4 is 35.0 Å². The maximum absolute atomic E-state index is 12.8. The van der Waals surface area contributed by atoms with Crippen molar-refractivity contribution in [2.45, 2.75) is 80.4 Å². The third-order valence-corrected chi connectivity index (χ3v) is 5.67. The number of ether oxygens (including phenoxy) is 2. The van der Waals surface area contributed by atoms with Gasteiger partial charge in [-0.3, -0.25) is 24.0 Å². The van der Waals surface area contributed by atoms with Crippen LogP contribution >= 0.6 is 0 Å². The Hall–Kier alpha value is -3.07. The minimum Gasteiger partial charge on any atom is -0.460 e. The average Bonchev–Trinajstić information content (AvgIpc) is 2.80. The summed E-state index contributed by atoms with van der Waals surface area (Å²) in [6, 6.07) is 6.07. The number of esters is 1. The van der Waals surface area contributed by atoms with Crippen LogP contribution in [0, 0.1) is 17.3 Å². The number of rotatable bonds is 15. The van der Waals surface area contributed by atoms with E-state index in [1.165, 1.54) is 6.92 Å². The second-order valence-electron chi connectivity index (χ2n) is 10.7. The molecule has 37 heavy (non-hydrogen) atoms. The summed E-state index contributed by atoms with van der Waals surface area (Å²) in [7, 11) is 0. The molecule has 0 aromatic heterocycles. The molecule has 0 aliphatic carbocycles. The second-order valence-corrected chi connectivity index (χ2v) is 10.7. The van der Waals surface area contributed by atoms with Crippen molar-refractivity contribution in [3.05, 3.63) is 29.8 Å². The molecule has 0 spiro atoms. The Morgan fingerprint density at radius 1 is 0.892 bits per heavy atom. The van der Waals surface area contributed by atoms with Crippen molar-refractivity contribution in [2.24, 2.45) is 17.3 Å². The van der Waals surface area contributed by atoms with E-state index in [2.05, 4.69) is 10.6 Å². The molecule has 0 heterocycles. The first kappa shape index (κ1) is 32.0. The Morgan fingerprint density at radius 2 is 1.49 bits per heavy atom. The molecule has 2 amide bonds. The normalized spacial score (nSPS) is 13.0. The van der Waals surface area contributed by atoms with Crippen LogP contribution in [0.3, 0.4) is 0 Å². The van der Waals surface area contributed by atoms with Crippen molar-refractivity contribution in [3.8, 4) is 0 Å². The number of ketones is 2. The van der Waals surface area contributed by atoms with Gasteiger partial charge in [-0.2, -0.15) is 0 Å². The van der Waals surface area contributed by atoms with Gasteiger partial charge in [0.1, 0.15) is 24.2 Å².